The number of nitrogens with one attached hydrogen (secondary N) is 4. The molecule has 1 heterocycles. The normalized spacial score (nSPS) is 13.7. The van der Waals surface area contributed by atoms with Gasteiger partial charge in [-0.3, -0.25) is 24.8 Å². The zero-order valence-corrected chi connectivity index (χ0v) is 32.1. The van der Waals surface area contributed by atoms with Crippen molar-refractivity contribution in [2.45, 2.75) is 85.0 Å². The van der Waals surface area contributed by atoms with Crippen molar-refractivity contribution in [3.05, 3.63) is 101 Å². The van der Waals surface area contributed by atoms with E-state index in [0.717, 1.165) is 22.3 Å². The number of likely N-dealkylation sites (N-methyl/N-ethyl adjacent to an activating group) is 1. The average Bonchev–Trinajstić information content (AvgIpc) is 3.11. The number of aromatic nitrogens is 1. The van der Waals surface area contributed by atoms with Crippen LogP contribution in [0, 0.1) is 22.7 Å². The summed E-state index contributed by atoms with van der Waals surface area (Å²) in [5.74, 6) is 4.75. The van der Waals surface area contributed by atoms with E-state index >= 15 is 0 Å². The fourth-order valence-electron chi connectivity index (χ4n) is 5.60. The highest BCUT2D eigenvalue weighted by atomic mass is 16.5. The molecule has 53 heavy (non-hydrogen) atoms. The van der Waals surface area contributed by atoms with E-state index in [0.29, 0.717) is 0 Å². The first-order chi connectivity index (χ1) is 24.9. The summed E-state index contributed by atoms with van der Waals surface area (Å²) in [5.41, 5.74) is 3.03. The number of benzene rings is 2. The second kappa shape index (κ2) is 19.0. The molecule has 0 saturated heterocycles. The Morgan fingerprint density at radius 2 is 1.36 bits per heavy atom. The molecule has 5 N–H and O–H groups in total. The molecule has 0 aliphatic rings. The van der Waals surface area contributed by atoms with Gasteiger partial charge < -0.3 is 25.8 Å². The van der Waals surface area contributed by atoms with Crippen LogP contribution in [-0.4, -0.2) is 77.3 Å². The summed E-state index contributed by atoms with van der Waals surface area (Å²) in [7, 11) is 2.73. The predicted molar refractivity (Wildman–Crippen MR) is 204 cm³/mol. The van der Waals surface area contributed by atoms with E-state index in [-0.39, 0.29) is 38.3 Å². The van der Waals surface area contributed by atoms with Gasteiger partial charge in [-0.25, -0.2) is 9.80 Å². The summed E-state index contributed by atoms with van der Waals surface area (Å²) in [4.78, 5) is 56.6. The third-order valence-corrected chi connectivity index (χ3v) is 8.63. The van der Waals surface area contributed by atoms with E-state index in [9.17, 15) is 24.3 Å². The predicted octanol–water partition coefficient (Wildman–Crippen LogP) is 4.12. The lowest BCUT2D eigenvalue weighted by Crippen LogP contribution is -2.59. The number of aliphatic hydroxyl groups is 1. The Balaban J connectivity index is 1.88. The molecule has 1 aromatic heterocycles. The Hall–Kier alpha value is -5.25. The zero-order chi connectivity index (χ0) is 39.2. The van der Waals surface area contributed by atoms with Crippen molar-refractivity contribution in [1.29, 1.82) is 0 Å². The van der Waals surface area contributed by atoms with Gasteiger partial charge in [0.15, 0.2) is 0 Å². The smallest absolute Gasteiger partial charge is 0.407 e. The van der Waals surface area contributed by atoms with Crippen molar-refractivity contribution in [3.63, 3.8) is 0 Å². The lowest BCUT2D eigenvalue weighted by atomic mass is 9.84. The lowest BCUT2D eigenvalue weighted by molar-refractivity contribution is -0.145. The zero-order valence-electron chi connectivity index (χ0n) is 32.1. The Morgan fingerprint density at radius 1 is 0.792 bits per heavy atom. The second-order valence-corrected chi connectivity index (χ2v) is 15.2. The number of carbonyl (C=O) groups excluding carboxylic acids is 4. The van der Waals surface area contributed by atoms with Crippen molar-refractivity contribution >= 4 is 23.8 Å². The molecule has 4 amide bonds. The third kappa shape index (κ3) is 13.3. The maximum atomic E-state index is 13.9. The highest BCUT2D eigenvalue weighted by Crippen LogP contribution is 2.25. The highest BCUT2D eigenvalue weighted by Gasteiger charge is 2.41. The van der Waals surface area contributed by atoms with Crippen LogP contribution in [0.15, 0.2) is 79.1 Å². The topological polar surface area (TPSA) is 162 Å². The summed E-state index contributed by atoms with van der Waals surface area (Å²) < 4.78 is 4.78. The van der Waals surface area contributed by atoms with Crippen LogP contribution in [0.4, 0.5) is 4.79 Å². The van der Waals surface area contributed by atoms with Gasteiger partial charge in [-0.05, 0) is 59.1 Å². The van der Waals surface area contributed by atoms with Crippen molar-refractivity contribution in [2.75, 3.05) is 20.7 Å². The van der Waals surface area contributed by atoms with Gasteiger partial charge in [0.05, 0.1) is 7.11 Å². The average molecular weight is 727 g/mol. The van der Waals surface area contributed by atoms with E-state index in [1.54, 1.807) is 17.4 Å². The second-order valence-electron chi connectivity index (χ2n) is 15.2. The monoisotopic (exact) mass is 726 g/mol. The van der Waals surface area contributed by atoms with Gasteiger partial charge in [0, 0.05) is 50.1 Å². The Kier molecular flexibility index (Phi) is 15.1. The Labute approximate surface area is 313 Å². The quantitative estimate of drug-likeness (QED) is 0.123. The SMILES string of the molecule is CNC(=O)[C@@H](NC(=O)[C@@](O)(CCCN(Cc1ccc(C#Cc2ccncc2)cc1)NC(=O)[C@@H](NC(=O)OC)C(C)(C)C)Cc1ccccc1)C(C)(C)C. The number of pyridine rings is 1. The van der Waals surface area contributed by atoms with E-state index in [2.05, 4.69) is 38.2 Å². The third-order valence-electron chi connectivity index (χ3n) is 8.63. The first-order valence-corrected chi connectivity index (χ1v) is 17.6. The molecule has 0 saturated carbocycles. The molecule has 0 bridgehead atoms. The van der Waals surface area contributed by atoms with Crippen LogP contribution < -0.4 is 21.4 Å². The lowest BCUT2D eigenvalue weighted by Gasteiger charge is -2.35. The number of hydrogen-bond acceptors (Lipinski definition) is 8. The summed E-state index contributed by atoms with van der Waals surface area (Å²) in [5, 5.41) is 21.8. The maximum Gasteiger partial charge on any atom is 0.407 e. The minimum Gasteiger partial charge on any atom is -0.453 e. The van der Waals surface area contributed by atoms with Crippen LogP contribution in [0.3, 0.4) is 0 Å². The van der Waals surface area contributed by atoms with E-state index in [4.69, 9.17) is 4.74 Å². The minimum atomic E-state index is -1.88. The molecule has 12 heteroatoms. The van der Waals surface area contributed by atoms with Gasteiger partial charge in [-0.15, -0.1) is 0 Å². The van der Waals surface area contributed by atoms with E-state index < -0.39 is 46.4 Å². The number of hydrogen-bond donors (Lipinski definition) is 5. The largest absolute Gasteiger partial charge is 0.453 e. The van der Waals surface area contributed by atoms with E-state index in [1.165, 1.54) is 14.2 Å². The van der Waals surface area contributed by atoms with Crippen LogP contribution in [-0.2, 0) is 32.1 Å². The first-order valence-electron chi connectivity index (χ1n) is 17.6. The molecule has 3 aromatic rings. The van der Waals surface area contributed by atoms with Gasteiger partial charge in [-0.2, -0.15) is 0 Å². The van der Waals surface area contributed by atoms with Gasteiger partial charge in [0.1, 0.15) is 17.7 Å². The van der Waals surface area contributed by atoms with Crippen molar-refractivity contribution < 1.29 is 29.0 Å². The summed E-state index contributed by atoms with van der Waals surface area (Å²) in [6, 6.07) is 18.6. The number of rotatable bonds is 14. The van der Waals surface area contributed by atoms with Crippen molar-refractivity contribution in [1.82, 2.24) is 31.4 Å². The minimum absolute atomic E-state index is 0.00772. The number of nitrogens with zero attached hydrogens (tertiary/aromatic N) is 2. The van der Waals surface area contributed by atoms with Crippen LogP contribution in [0.1, 0.15) is 76.6 Å². The molecule has 12 nitrogen and oxygen atoms in total. The van der Waals surface area contributed by atoms with Crippen LogP contribution in [0.5, 0.6) is 0 Å². The summed E-state index contributed by atoms with van der Waals surface area (Å²) in [6.45, 7) is 11.5. The number of hydrazine groups is 1. The molecule has 0 radical (unpaired) electrons. The molecule has 0 unspecified atom stereocenters. The Bertz CT molecular complexity index is 1730. The molecule has 284 valence electrons. The standard InChI is InChI=1S/C41H54N6O6/c1-39(2,3)33(35(48)42-7)44-37(50)41(52,27-31-13-10-9-11-14-31)23-12-26-47(46-36(49)34(40(4,5)6)45-38(51)53-8)28-32-19-17-29(18-20-32)15-16-30-21-24-43-25-22-30/h9-11,13-14,17-22,24-25,33-34,52H,12,23,26-28H2,1-8H3,(H,42,48)(H,44,50)(H,45,51)(H,46,49)/t33-,34-,41-/m1/s1. The van der Waals surface area contributed by atoms with Crippen molar-refractivity contribution in [2.24, 2.45) is 10.8 Å². The number of alkyl carbamates (subject to hydrolysis) is 1. The molecule has 0 aliphatic heterocycles. The summed E-state index contributed by atoms with van der Waals surface area (Å²) >= 11 is 0. The van der Waals surface area contributed by atoms with E-state index in [1.807, 2.05) is 108 Å². The van der Waals surface area contributed by atoms with Gasteiger partial charge in [0.25, 0.3) is 11.8 Å². The fraction of sp³-hybridized carbons (Fsp3) is 0.439. The van der Waals surface area contributed by atoms with Crippen LogP contribution >= 0.6 is 0 Å². The Morgan fingerprint density at radius 3 is 1.91 bits per heavy atom. The molecular formula is C41H54N6O6. The summed E-state index contributed by atoms with van der Waals surface area (Å²) in [6.07, 6.45) is 2.92. The molecule has 0 spiro atoms. The molecule has 2 aromatic carbocycles. The molecule has 3 atom stereocenters. The number of methoxy groups -OCH3 is 1. The van der Waals surface area contributed by atoms with Gasteiger partial charge >= 0.3 is 6.09 Å². The first kappa shape index (κ1) is 42.2. The van der Waals surface area contributed by atoms with Gasteiger partial charge in [-0.1, -0.05) is 95.8 Å². The highest BCUT2D eigenvalue weighted by molar-refractivity contribution is 5.92. The molecule has 0 aliphatic carbocycles. The fourth-order valence-corrected chi connectivity index (χ4v) is 5.60. The number of carbonyl (C=O) groups is 4. The number of amides is 4. The van der Waals surface area contributed by atoms with Crippen molar-refractivity contribution in [3.8, 4) is 11.8 Å². The van der Waals surface area contributed by atoms with Crippen LogP contribution in [0.2, 0.25) is 0 Å². The maximum absolute atomic E-state index is 13.9. The molecule has 0 fully saturated rings. The number of ether oxygens (including phenoxy) is 1. The van der Waals surface area contributed by atoms with Gasteiger partial charge in [0.2, 0.25) is 5.91 Å². The molecule has 3 rings (SSSR count). The van der Waals surface area contributed by atoms with Crippen LogP contribution in [0.25, 0.3) is 0 Å². The molecular weight excluding hydrogens is 672 g/mol.